The molecule has 1 fully saturated rings. The third-order valence-corrected chi connectivity index (χ3v) is 5.10. The van der Waals surface area contributed by atoms with Crippen LogP contribution in [-0.2, 0) is 9.59 Å². The van der Waals surface area contributed by atoms with E-state index >= 15 is 0 Å². The van der Waals surface area contributed by atoms with Gasteiger partial charge < -0.3 is 25.7 Å². The number of carboxylic acid groups (broad SMARTS) is 2. The molecule has 3 heterocycles. The average Bonchev–Trinajstić information content (AvgIpc) is 2.88. The first-order chi connectivity index (χ1) is 19.1. The lowest BCUT2D eigenvalue weighted by Gasteiger charge is -2.28. The number of hydrogen-bond acceptors (Lipinski definition) is 8. The van der Waals surface area contributed by atoms with Crippen molar-refractivity contribution in [1.29, 1.82) is 0 Å². The van der Waals surface area contributed by atoms with Crippen molar-refractivity contribution >= 4 is 29.4 Å². The number of alkyl halides is 6. The maximum Gasteiger partial charge on any atom is 0.490 e. The summed E-state index contributed by atoms with van der Waals surface area (Å²) in [6, 6.07) is 12.4. The number of carboxylic acids is 2. The summed E-state index contributed by atoms with van der Waals surface area (Å²) in [5, 5.41) is 20.9. The van der Waals surface area contributed by atoms with Crippen molar-refractivity contribution < 1.29 is 46.1 Å². The van der Waals surface area contributed by atoms with E-state index < -0.39 is 24.3 Å². The van der Waals surface area contributed by atoms with E-state index in [2.05, 4.69) is 74.7 Å². The summed E-state index contributed by atoms with van der Waals surface area (Å²) in [4.78, 5) is 33.7. The molecule has 0 amide bonds. The molecule has 0 radical (unpaired) electrons. The van der Waals surface area contributed by atoms with E-state index in [0.717, 1.165) is 48.9 Å². The first kappa shape index (κ1) is 32.7. The predicted octanol–water partition coefficient (Wildman–Crippen LogP) is 4.58. The van der Waals surface area contributed by atoms with Gasteiger partial charge in [-0.1, -0.05) is 6.07 Å². The Bertz CT molecular complexity index is 1270. The topological polar surface area (TPSA) is 141 Å². The highest BCUT2D eigenvalue weighted by atomic mass is 19.4. The molecule has 4 rings (SSSR count). The van der Waals surface area contributed by atoms with Gasteiger partial charge in [0.2, 0.25) is 5.95 Å². The van der Waals surface area contributed by atoms with Crippen molar-refractivity contribution in [3.05, 3.63) is 59.9 Å². The number of piperazine rings is 1. The quantitative estimate of drug-likeness (QED) is 0.320. The van der Waals surface area contributed by atoms with Gasteiger partial charge in [-0.15, -0.1) is 0 Å². The summed E-state index contributed by atoms with van der Waals surface area (Å²) in [6.45, 7) is 8.15. The fourth-order valence-corrected chi connectivity index (χ4v) is 3.37. The normalized spacial score (nSPS) is 13.2. The Kier molecular flexibility index (Phi) is 11.4. The third-order valence-electron chi connectivity index (χ3n) is 5.10. The van der Waals surface area contributed by atoms with Gasteiger partial charge in [0.05, 0.1) is 5.69 Å². The van der Waals surface area contributed by atoms with Gasteiger partial charge in [0.25, 0.3) is 0 Å². The van der Waals surface area contributed by atoms with E-state index in [9.17, 15) is 26.3 Å². The van der Waals surface area contributed by atoms with E-state index in [1.54, 1.807) is 6.20 Å². The molecule has 0 bridgehead atoms. The zero-order valence-electron chi connectivity index (χ0n) is 21.7. The predicted molar refractivity (Wildman–Crippen MR) is 137 cm³/mol. The molecule has 222 valence electrons. The molecule has 16 heteroatoms. The summed E-state index contributed by atoms with van der Waals surface area (Å²) in [7, 11) is 0. The molecule has 4 N–H and O–H groups in total. The minimum atomic E-state index is -5.08. The molecular formula is C25H26F6N6O4. The lowest BCUT2D eigenvalue weighted by Crippen LogP contribution is -2.43. The van der Waals surface area contributed by atoms with Crippen molar-refractivity contribution in [2.45, 2.75) is 26.2 Å². The zero-order valence-corrected chi connectivity index (χ0v) is 21.7. The van der Waals surface area contributed by atoms with Gasteiger partial charge in [0.1, 0.15) is 5.82 Å². The van der Waals surface area contributed by atoms with E-state index in [0.29, 0.717) is 5.95 Å². The number of rotatable bonds is 4. The molecule has 3 aromatic rings. The van der Waals surface area contributed by atoms with E-state index in [4.69, 9.17) is 19.8 Å². The standard InChI is InChI=1S/C21H24N6.2C2HF3O2/c1-15-11-16(2)13-18(12-15)25-21-23-6-5-19(26-21)17-3-4-20(24-14-17)27-9-7-22-8-10-27;2*3-2(4,5)1(6)7/h3-6,11-14,22H,7-10H2,1-2H3,(H,23,25,26);2*(H,6,7). The smallest absolute Gasteiger partial charge is 0.475 e. The summed E-state index contributed by atoms with van der Waals surface area (Å²) in [6.07, 6.45) is -6.50. The van der Waals surface area contributed by atoms with Crippen LogP contribution in [0.3, 0.4) is 0 Å². The highest BCUT2D eigenvalue weighted by Crippen LogP contribution is 2.22. The summed E-state index contributed by atoms with van der Waals surface area (Å²) in [5.41, 5.74) is 5.26. The highest BCUT2D eigenvalue weighted by Gasteiger charge is 2.38. The minimum Gasteiger partial charge on any atom is -0.475 e. The zero-order chi connectivity index (χ0) is 30.8. The molecule has 41 heavy (non-hydrogen) atoms. The van der Waals surface area contributed by atoms with Crippen molar-refractivity contribution in [2.24, 2.45) is 0 Å². The number of nitrogens with zero attached hydrogens (tertiary/aromatic N) is 4. The van der Waals surface area contributed by atoms with Crippen molar-refractivity contribution in [2.75, 3.05) is 36.4 Å². The van der Waals surface area contributed by atoms with E-state index in [-0.39, 0.29) is 0 Å². The molecule has 1 aromatic carbocycles. The van der Waals surface area contributed by atoms with Gasteiger partial charge in [-0.25, -0.2) is 24.5 Å². The summed E-state index contributed by atoms with van der Waals surface area (Å²) in [5.74, 6) is -3.91. The molecular weight excluding hydrogens is 562 g/mol. The van der Waals surface area contributed by atoms with E-state index in [1.165, 1.54) is 11.1 Å². The molecule has 0 aliphatic carbocycles. The Labute approximate surface area is 230 Å². The molecule has 0 spiro atoms. The second kappa shape index (κ2) is 14.2. The Morgan fingerprint density at radius 2 is 1.41 bits per heavy atom. The first-order valence-corrected chi connectivity index (χ1v) is 11.8. The minimum absolute atomic E-state index is 0.587. The van der Waals surface area contributed by atoms with Crippen LogP contribution < -0.4 is 15.5 Å². The van der Waals surface area contributed by atoms with Crippen LogP contribution in [0.4, 0.5) is 43.8 Å². The number of aliphatic carboxylic acids is 2. The maximum atomic E-state index is 10.6. The molecule has 1 saturated heterocycles. The Morgan fingerprint density at radius 1 is 0.878 bits per heavy atom. The van der Waals surface area contributed by atoms with Crippen molar-refractivity contribution in [3.8, 4) is 11.3 Å². The number of pyridine rings is 1. The second-order valence-electron chi connectivity index (χ2n) is 8.51. The number of carbonyl (C=O) groups is 2. The molecule has 1 aliphatic rings. The molecule has 0 saturated carbocycles. The van der Waals surface area contributed by atoms with Gasteiger partial charge >= 0.3 is 24.3 Å². The lowest BCUT2D eigenvalue weighted by atomic mass is 10.1. The molecule has 2 aromatic heterocycles. The van der Waals surface area contributed by atoms with Crippen LogP contribution in [0, 0.1) is 13.8 Å². The monoisotopic (exact) mass is 588 g/mol. The number of halogens is 6. The fraction of sp³-hybridized carbons (Fsp3) is 0.320. The molecule has 1 aliphatic heterocycles. The van der Waals surface area contributed by atoms with Gasteiger partial charge in [-0.05, 0) is 55.3 Å². The van der Waals surface area contributed by atoms with Gasteiger partial charge in [0.15, 0.2) is 0 Å². The number of anilines is 3. The SMILES string of the molecule is Cc1cc(C)cc(Nc2nccc(-c3ccc(N4CCNCC4)nc3)n2)c1.O=C(O)C(F)(F)F.O=C(O)C(F)(F)F. The fourth-order valence-electron chi connectivity index (χ4n) is 3.37. The summed E-state index contributed by atoms with van der Waals surface area (Å²) < 4.78 is 63.5. The Balaban J connectivity index is 0.000000349. The van der Waals surface area contributed by atoms with Crippen molar-refractivity contribution in [3.63, 3.8) is 0 Å². The number of aromatic nitrogens is 3. The molecule has 0 unspecified atom stereocenters. The largest absolute Gasteiger partial charge is 0.490 e. The van der Waals surface area contributed by atoms with Crippen LogP contribution in [0.5, 0.6) is 0 Å². The van der Waals surface area contributed by atoms with E-state index in [1.807, 2.05) is 12.3 Å². The second-order valence-corrected chi connectivity index (χ2v) is 8.51. The number of aryl methyl sites for hydroxylation is 2. The number of nitrogens with one attached hydrogen (secondary N) is 2. The summed E-state index contributed by atoms with van der Waals surface area (Å²) >= 11 is 0. The van der Waals surface area contributed by atoms with Crippen LogP contribution in [0.1, 0.15) is 11.1 Å². The maximum absolute atomic E-state index is 10.6. The van der Waals surface area contributed by atoms with Gasteiger partial charge in [-0.3, -0.25) is 0 Å². The third kappa shape index (κ3) is 11.3. The Hall–Kier alpha value is -4.47. The lowest BCUT2D eigenvalue weighted by molar-refractivity contribution is -0.193. The van der Waals surface area contributed by atoms with Crippen LogP contribution in [0.25, 0.3) is 11.3 Å². The first-order valence-electron chi connectivity index (χ1n) is 11.8. The van der Waals surface area contributed by atoms with Crippen LogP contribution in [0.15, 0.2) is 48.8 Å². The molecule has 0 atom stereocenters. The molecule has 10 nitrogen and oxygen atoms in total. The number of hydrogen-bond donors (Lipinski definition) is 4. The highest BCUT2D eigenvalue weighted by molar-refractivity contribution is 5.73. The Morgan fingerprint density at radius 3 is 1.88 bits per heavy atom. The van der Waals surface area contributed by atoms with Gasteiger partial charge in [0, 0.05) is 49.8 Å². The average molecular weight is 589 g/mol. The van der Waals surface area contributed by atoms with Crippen molar-refractivity contribution in [1.82, 2.24) is 20.3 Å². The number of benzene rings is 1. The van der Waals surface area contributed by atoms with Gasteiger partial charge in [-0.2, -0.15) is 26.3 Å². The van der Waals surface area contributed by atoms with Crippen LogP contribution in [0.2, 0.25) is 0 Å². The van der Waals surface area contributed by atoms with Crippen LogP contribution >= 0.6 is 0 Å². The van der Waals surface area contributed by atoms with Crippen LogP contribution in [-0.4, -0.2) is 75.6 Å².